The number of benzene rings is 1. The van der Waals surface area contributed by atoms with E-state index < -0.39 is 0 Å². The summed E-state index contributed by atoms with van der Waals surface area (Å²) in [6.07, 6.45) is 1.02. The highest BCUT2D eigenvalue weighted by molar-refractivity contribution is 6.30. The zero-order chi connectivity index (χ0) is 11.1. The van der Waals surface area contributed by atoms with Crippen LogP contribution in [0.25, 0.3) is 0 Å². The Morgan fingerprint density at radius 2 is 2.29 bits per heavy atom. The van der Waals surface area contributed by atoms with Crippen LogP contribution in [0, 0.1) is 0 Å². The first-order valence-electron chi connectivity index (χ1n) is 5.55. The van der Waals surface area contributed by atoms with E-state index in [2.05, 4.69) is 28.3 Å². The van der Waals surface area contributed by atoms with Crippen LogP contribution in [0.1, 0.15) is 5.56 Å². The Morgan fingerprint density at radius 1 is 1.47 bits per heavy atom. The Morgan fingerprint density at radius 3 is 3.00 bits per heavy atom. The Labute approximate surface area is 112 Å². The zero-order valence-corrected chi connectivity index (χ0v) is 11.2. The fraction of sp³-hybridized carbons (Fsp3) is 0.417. The molecule has 17 heavy (non-hydrogen) atoms. The normalized spacial score (nSPS) is 21.6. The first kappa shape index (κ1) is 12.5. The van der Waals surface area contributed by atoms with E-state index in [1.165, 1.54) is 11.3 Å². The highest BCUT2D eigenvalue weighted by Gasteiger charge is 2.31. The molecule has 0 saturated carbocycles. The quantitative estimate of drug-likeness (QED) is 0.848. The van der Waals surface area contributed by atoms with Crippen LogP contribution < -0.4 is 10.2 Å². The van der Waals surface area contributed by atoms with Crippen molar-refractivity contribution in [1.29, 1.82) is 0 Å². The number of amidine groups is 1. The van der Waals surface area contributed by atoms with Crippen molar-refractivity contribution in [3.63, 3.8) is 0 Å². The summed E-state index contributed by atoms with van der Waals surface area (Å²) < 4.78 is 0. The van der Waals surface area contributed by atoms with Crippen LogP contribution in [-0.2, 0) is 6.42 Å². The molecule has 0 aliphatic carbocycles. The number of likely N-dealkylation sites (N-methyl/N-ethyl adjacent to an activating group) is 1. The number of anilines is 1. The summed E-state index contributed by atoms with van der Waals surface area (Å²) >= 11 is 6.02. The third-order valence-corrected chi connectivity index (χ3v) is 3.56. The van der Waals surface area contributed by atoms with Gasteiger partial charge in [-0.25, -0.2) is 0 Å². The highest BCUT2D eigenvalue weighted by atomic mass is 35.5. The van der Waals surface area contributed by atoms with Crippen molar-refractivity contribution in [3.8, 4) is 0 Å². The van der Waals surface area contributed by atoms with Crippen LogP contribution >= 0.6 is 24.0 Å². The van der Waals surface area contributed by atoms with E-state index in [1.54, 1.807) is 0 Å². The second-order valence-electron chi connectivity index (χ2n) is 4.30. The molecule has 1 aromatic rings. The predicted molar refractivity (Wildman–Crippen MR) is 74.9 cm³/mol. The molecule has 92 valence electrons. The molecular weight excluding hydrogens is 257 g/mol. The SMILES string of the molecule is CN1c2cc(Cl)ccc2CC1C1=NCCN1.Cl. The van der Waals surface area contributed by atoms with E-state index in [0.29, 0.717) is 6.04 Å². The summed E-state index contributed by atoms with van der Waals surface area (Å²) in [6, 6.07) is 6.47. The summed E-state index contributed by atoms with van der Waals surface area (Å²) in [5.74, 6) is 1.12. The smallest absolute Gasteiger partial charge is 0.120 e. The minimum Gasteiger partial charge on any atom is -0.370 e. The molecule has 2 aliphatic rings. The van der Waals surface area contributed by atoms with Gasteiger partial charge in [0, 0.05) is 30.7 Å². The molecule has 0 bridgehead atoms. The Kier molecular flexibility index (Phi) is 3.50. The van der Waals surface area contributed by atoms with E-state index in [1.807, 2.05) is 12.1 Å². The molecule has 1 N–H and O–H groups in total. The maximum Gasteiger partial charge on any atom is 0.120 e. The lowest BCUT2D eigenvalue weighted by Crippen LogP contribution is -2.41. The van der Waals surface area contributed by atoms with Crippen molar-refractivity contribution in [2.24, 2.45) is 4.99 Å². The van der Waals surface area contributed by atoms with Crippen LogP contribution in [0.3, 0.4) is 0 Å². The molecule has 0 fully saturated rings. The highest BCUT2D eigenvalue weighted by Crippen LogP contribution is 2.33. The molecule has 1 unspecified atom stereocenters. The van der Waals surface area contributed by atoms with E-state index >= 15 is 0 Å². The lowest BCUT2D eigenvalue weighted by molar-refractivity contribution is 0.811. The van der Waals surface area contributed by atoms with Gasteiger partial charge in [0.25, 0.3) is 0 Å². The number of nitrogens with one attached hydrogen (secondary N) is 1. The first-order chi connectivity index (χ1) is 7.75. The van der Waals surface area contributed by atoms with Gasteiger partial charge in [0.2, 0.25) is 0 Å². The molecular formula is C12H15Cl2N3. The summed E-state index contributed by atoms with van der Waals surface area (Å²) in [7, 11) is 2.11. The summed E-state index contributed by atoms with van der Waals surface area (Å²) in [5, 5.41) is 4.15. The van der Waals surface area contributed by atoms with Gasteiger partial charge in [-0.3, -0.25) is 4.99 Å². The molecule has 0 amide bonds. The molecule has 0 spiro atoms. The third-order valence-electron chi connectivity index (χ3n) is 3.32. The topological polar surface area (TPSA) is 27.6 Å². The average molecular weight is 272 g/mol. The number of halogens is 2. The first-order valence-corrected chi connectivity index (χ1v) is 5.93. The molecule has 3 rings (SSSR count). The summed E-state index contributed by atoms with van der Waals surface area (Å²) in [6.45, 7) is 1.87. The van der Waals surface area contributed by atoms with Gasteiger partial charge < -0.3 is 10.2 Å². The maximum absolute atomic E-state index is 6.02. The van der Waals surface area contributed by atoms with Gasteiger partial charge in [-0.1, -0.05) is 17.7 Å². The number of rotatable bonds is 1. The van der Waals surface area contributed by atoms with Gasteiger partial charge in [0.05, 0.1) is 12.6 Å². The summed E-state index contributed by atoms with van der Waals surface area (Å²) in [5.41, 5.74) is 2.59. The van der Waals surface area contributed by atoms with Crippen molar-refractivity contribution >= 4 is 35.5 Å². The minimum absolute atomic E-state index is 0. The van der Waals surface area contributed by atoms with Crippen molar-refractivity contribution in [3.05, 3.63) is 28.8 Å². The fourth-order valence-electron chi connectivity index (χ4n) is 2.47. The van der Waals surface area contributed by atoms with Crippen molar-refractivity contribution in [2.75, 3.05) is 25.0 Å². The Bertz CT molecular complexity index is 459. The molecule has 2 aliphatic heterocycles. The van der Waals surface area contributed by atoms with Gasteiger partial charge in [-0.05, 0) is 17.7 Å². The molecule has 0 radical (unpaired) electrons. The van der Waals surface area contributed by atoms with Crippen molar-refractivity contribution in [2.45, 2.75) is 12.5 Å². The van der Waals surface area contributed by atoms with Crippen LogP contribution in [0.2, 0.25) is 5.02 Å². The van der Waals surface area contributed by atoms with Crippen molar-refractivity contribution < 1.29 is 0 Å². The Balaban J connectivity index is 0.00000108. The maximum atomic E-state index is 6.02. The zero-order valence-electron chi connectivity index (χ0n) is 9.61. The molecule has 0 saturated heterocycles. The second-order valence-corrected chi connectivity index (χ2v) is 4.73. The van der Waals surface area contributed by atoms with Crippen LogP contribution in [-0.4, -0.2) is 32.0 Å². The summed E-state index contributed by atoms with van der Waals surface area (Å²) in [4.78, 5) is 6.77. The fourth-order valence-corrected chi connectivity index (χ4v) is 2.64. The second kappa shape index (κ2) is 4.75. The van der Waals surface area contributed by atoms with Crippen LogP contribution in [0.5, 0.6) is 0 Å². The van der Waals surface area contributed by atoms with Gasteiger partial charge in [-0.2, -0.15) is 0 Å². The molecule has 1 atom stereocenters. The molecule has 0 aromatic heterocycles. The number of fused-ring (bicyclic) bond motifs is 1. The lowest BCUT2D eigenvalue weighted by atomic mass is 10.1. The Hall–Kier alpha value is -0.930. The van der Waals surface area contributed by atoms with E-state index in [0.717, 1.165) is 30.4 Å². The van der Waals surface area contributed by atoms with Gasteiger partial charge >= 0.3 is 0 Å². The molecule has 3 nitrogen and oxygen atoms in total. The lowest BCUT2D eigenvalue weighted by Gasteiger charge is -2.22. The third kappa shape index (κ3) is 2.09. The monoisotopic (exact) mass is 271 g/mol. The predicted octanol–water partition coefficient (Wildman–Crippen LogP) is 2.12. The molecule has 2 heterocycles. The van der Waals surface area contributed by atoms with E-state index in [-0.39, 0.29) is 12.4 Å². The molecule has 1 aromatic carbocycles. The number of aliphatic imine (C=N–C) groups is 1. The molecule has 5 heteroatoms. The van der Waals surface area contributed by atoms with Gasteiger partial charge in [-0.15, -0.1) is 12.4 Å². The minimum atomic E-state index is 0. The number of nitrogens with zero attached hydrogens (tertiary/aromatic N) is 2. The van der Waals surface area contributed by atoms with E-state index in [4.69, 9.17) is 11.6 Å². The number of hydrogen-bond acceptors (Lipinski definition) is 3. The van der Waals surface area contributed by atoms with Gasteiger partial charge in [0.1, 0.15) is 5.84 Å². The average Bonchev–Trinajstić information content (AvgIpc) is 2.87. The number of hydrogen-bond donors (Lipinski definition) is 1. The largest absolute Gasteiger partial charge is 0.370 e. The van der Waals surface area contributed by atoms with Gasteiger partial charge in [0.15, 0.2) is 0 Å². The van der Waals surface area contributed by atoms with Crippen molar-refractivity contribution in [1.82, 2.24) is 5.32 Å². The van der Waals surface area contributed by atoms with Crippen LogP contribution in [0.4, 0.5) is 5.69 Å². The van der Waals surface area contributed by atoms with Crippen LogP contribution in [0.15, 0.2) is 23.2 Å². The standard InChI is InChI=1S/C12H14ClN3.ClH/c1-16-10-7-9(13)3-2-8(10)6-11(16)12-14-4-5-15-12;/h2-3,7,11H,4-6H2,1H3,(H,14,15);1H. The van der Waals surface area contributed by atoms with E-state index in [9.17, 15) is 0 Å².